The average molecular weight is 549 g/mol. The molecule has 2 heterocycles. The van der Waals surface area contributed by atoms with Crippen LogP contribution < -0.4 is 10.6 Å². The van der Waals surface area contributed by atoms with Crippen molar-refractivity contribution in [3.05, 3.63) is 95.3 Å². The monoisotopic (exact) mass is 548 g/mol. The molecule has 0 bridgehead atoms. The van der Waals surface area contributed by atoms with Gasteiger partial charge in [-0.3, -0.25) is 9.59 Å². The predicted molar refractivity (Wildman–Crippen MR) is 159 cm³/mol. The Hall–Kier alpha value is -2.87. The van der Waals surface area contributed by atoms with Crippen molar-refractivity contribution in [1.29, 1.82) is 0 Å². The molecule has 4 aromatic rings. The molecular formula is C31H36N2O3S2. The van der Waals surface area contributed by atoms with E-state index in [2.05, 4.69) is 54.1 Å². The third-order valence-electron chi connectivity index (χ3n) is 6.38. The summed E-state index contributed by atoms with van der Waals surface area (Å²) >= 11 is 3.24. The Balaban J connectivity index is 1.37. The highest BCUT2D eigenvalue weighted by atomic mass is 32.2. The number of furan rings is 1. The standard InChI is InChI=1S/C31H36N2O3S2/c1-22(2)15-25(33-31(35)17-24-19-38-30-13-7-6-12-27(24)30)18-32-28(16-23-9-4-3-5-10-23)29(34)21-37-20-26-11-8-14-36-26/h3-14,19,22,25,28,32H,15-18,20-21H2,1-2H3,(H,33,35). The molecule has 0 radical (unpaired) electrons. The first-order valence-corrected chi connectivity index (χ1v) is 15.2. The zero-order valence-electron chi connectivity index (χ0n) is 22.0. The minimum atomic E-state index is -0.325. The fraction of sp³-hybridized carbons (Fsp3) is 0.355. The molecule has 2 aromatic carbocycles. The molecule has 0 saturated heterocycles. The maximum Gasteiger partial charge on any atom is 0.224 e. The Morgan fingerprint density at radius 2 is 1.79 bits per heavy atom. The summed E-state index contributed by atoms with van der Waals surface area (Å²) in [6.07, 6.45) is 3.46. The molecule has 38 heavy (non-hydrogen) atoms. The van der Waals surface area contributed by atoms with Crippen molar-refractivity contribution in [2.24, 2.45) is 5.92 Å². The van der Waals surface area contributed by atoms with Gasteiger partial charge in [-0.25, -0.2) is 0 Å². The van der Waals surface area contributed by atoms with E-state index in [-0.39, 0.29) is 23.8 Å². The van der Waals surface area contributed by atoms with Crippen LogP contribution >= 0.6 is 23.1 Å². The highest BCUT2D eigenvalue weighted by Gasteiger charge is 2.22. The minimum absolute atomic E-state index is 0.0148. The molecule has 1 amide bonds. The van der Waals surface area contributed by atoms with E-state index < -0.39 is 0 Å². The smallest absolute Gasteiger partial charge is 0.224 e. The highest BCUT2D eigenvalue weighted by molar-refractivity contribution is 7.99. The number of carbonyl (C=O) groups excluding carboxylic acids is 2. The minimum Gasteiger partial charge on any atom is -0.468 e. The predicted octanol–water partition coefficient (Wildman–Crippen LogP) is 6.27. The molecule has 4 rings (SSSR count). The molecule has 7 heteroatoms. The van der Waals surface area contributed by atoms with Crippen molar-refractivity contribution in [3.63, 3.8) is 0 Å². The lowest BCUT2D eigenvalue weighted by atomic mass is 10.00. The molecule has 2 unspecified atom stereocenters. The maximum atomic E-state index is 13.3. The Kier molecular flexibility index (Phi) is 10.6. The highest BCUT2D eigenvalue weighted by Crippen LogP contribution is 2.26. The number of amides is 1. The number of hydrogen-bond donors (Lipinski definition) is 2. The Labute approximate surface area is 233 Å². The van der Waals surface area contributed by atoms with Gasteiger partial charge in [0.15, 0.2) is 5.78 Å². The van der Waals surface area contributed by atoms with Crippen molar-refractivity contribution in [2.45, 2.75) is 50.9 Å². The van der Waals surface area contributed by atoms with Gasteiger partial charge in [-0.05, 0) is 58.9 Å². The van der Waals surface area contributed by atoms with Gasteiger partial charge in [-0.1, -0.05) is 62.4 Å². The van der Waals surface area contributed by atoms with Crippen LogP contribution in [0.1, 0.15) is 37.2 Å². The molecule has 0 aliphatic heterocycles. The van der Waals surface area contributed by atoms with E-state index in [1.54, 1.807) is 29.4 Å². The second kappa shape index (κ2) is 14.3. The molecule has 2 atom stereocenters. The molecular weight excluding hydrogens is 512 g/mol. The second-order valence-electron chi connectivity index (χ2n) is 10.0. The van der Waals surface area contributed by atoms with Crippen LogP contribution in [0.25, 0.3) is 10.1 Å². The summed E-state index contributed by atoms with van der Waals surface area (Å²) in [4.78, 5) is 26.3. The number of fused-ring (bicyclic) bond motifs is 1. The lowest BCUT2D eigenvalue weighted by Gasteiger charge is -2.25. The number of hydrogen-bond acceptors (Lipinski definition) is 6. The first kappa shape index (κ1) is 28.1. The van der Waals surface area contributed by atoms with Crippen molar-refractivity contribution in [2.75, 3.05) is 12.3 Å². The topological polar surface area (TPSA) is 71.3 Å². The quantitative estimate of drug-likeness (QED) is 0.183. The van der Waals surface area contributed by atoms with Gasteiger partial charge < -0.3 is 15.1 Å². The molecule has 5 nitrogen and oxygen atoms in total. The fourth-order valence-electron chi connectivity index (χ4n) is 4.57. The van der Waals surface area contributed by atoms with E-state index in [1.165, 1.54) is 4.70 Å². The molecule has 200 valence electrons. The number of thiophene rings is 1. The van der Waals surface area contributed by atoms with Crippen LogP contribution in [-0.4, -0.2) is 36.1 Å². The molecule has 2 N–H and O–H groups in total. The van der Waals surface area contributed by atoms with Gasteiger partial charge in [-0.15, -0.1) is 23.1 Å². The lowest BCUT2D eigenvalue weighted by molar-refractivity contribution is -0.121. The first-order chi connectivity index (χ1) is 18.5. The van der Waals surface area contributed by atoms with Gasteiger partial charge in [0.25, 0.3) is 0 Å². The Morgan fingerprint density at radius 1 is 1.00 bits per heavy atom. The van der Waals surface area contributed by atoms with Crippen molar-refractivity contribution < 1.29 is 14.0 Å². The molecule has 0 aliphatic rings. The first-order valence-electron chi connectivity index (χ1n) is 13.1. The molecule has 0 saturated carbocycles. The molecule has 0 spiro atoms. The van der Waals surface area contributed by atoms with Crippen LogP contribution in [0.4, 0.5) is 0 Å². The van der Waals surface area contributed by atoms with E-state index in [9.17, 15) is 9.59 Å². The average Bonchev–Trinajstić information content (AvgIpc) is 3.57. The summed E-state index contributed by atoms with van der Waals surface area (Å²) in [5, 5.41) is 9.98. The summed E-state index contributed by atoms with van der Waals surface area (Å²) in [7, 11) is 0. The third-order valence-corrected chi connectivity index (χ3v) is 8.37. The number of benzene rings is 2. The maximum absolute atomic E-state index is 13.3. The fourth-order valence-corrected chi connectivity index (χ4v) is 6.40. The largest absolute Gasteiger partial charge is 0.468 e. The molecule has 0 aliphatic carbocycles. The molecule has 0 fully saturated rings. The van der Waals surface area contributed by atoms with Gasteiger partial charge in [0, 0.05) is 17.3 Å². The summed E-state index contributed by atoms with van der Waals surface area (Å²) in [6.45, 7) is 4.85. The van der Waals surface area contributed by atoms with Crippen molar-refractivity contribution >= 4 is 44.9 Å². The van der Waals surface area contributed by atoms with Gasteiger partial charge in [0.1, 0.15) is 5.76 Å². The zero-order chi connectivity index (χ0) is 26.7. The van der Waals surface area contributed by atoms with Gasteiger partial charge in [0.2, 0.25) is 5.91 Å². The van der Waals surface area contributed by atoms with Gasteiger partial charge in [0.05, 0.1) is 30.2 Å². The number of thioether (sulfide) groups is 1. The number of nitrogens with one attached hydrogen (secondary N) is 2. The summed E-state index contributed by atoms with van der Waals surface area (Å²) < 4.78 is 6.60. The van der Waals surface area contributed by atoms with Gasteiger partial charge >= 0.3 is 0 Å². The summed E-state index contributed by atoms with van der Waals surface area (Å²) in [5.41, 5.74) is 2.17. The second-order valence-corrected chi connectivity index (χ2v) is 11.9. The third kappa shape index (κ3) is 8.58. The van der Waals surface area contributed by atoms with Crippen LogP contribution in [0, 0.1) is 5.92 Å². The number of rotatable bonds is 15. The normalized spacial score (nSPS) is 13.0. The van der Waals surface area contributed by atoms with Crippen LogP contribution in [0.15, 0.2) is 82.8 Å². The van der Waals surface area contributed by atoms with E-state index >= 15 is 0 Å². The van der Waals surface area contributed by atoms with E-state index in [4.69, 9.17) is 4.42 Å². The Morgan fingerprint density at radius 3 is 2.55 bits per heavy atom. The van der Waals surface area contributed by atoms with Crippen molar-refractivity contribution in [1.82, 2.24) is 10.6 Å². The van der Waals surface area contributed by atoms with Crippen LogP contribution in [-0.2, 0) is 28.2 Å². The Bertz CT molecular complexity index is 1280. The van der Waals surface area contributed by atoms with E-state index in [0.29, 0.717) is 36.8 Å². The van der Waals surface area contributed by atoms with E-state index in [1.807, 2.05) is 42.5 Å². The van der Waals surface area contributed by atoms with Gasteiger partial charge in [-0.2, -0.15) is 0 Å². The van der Waals surface area contributed by atoms with Crippen LogP contribution in [0.2, 0.25) is 0 Å². The number of Topliss-reactive ketones (excluding diaryl/α,β-unsaturated/α-hetero) is 1. The molecule has 2 aromatic heterocycles. The zero-order valence-corrected chi connectivity index (χ0v) is 23.7. The van der Waals surface area contributed by atoms with Crippen molar-refractivity contribution in [3.8, 4) is 0 Å². The lowest BCUT2D eigenvalue weighted by Crippen LogP contribution is -2.49. The number of ketones is 1. The van der Waals surface area contributed by atoms with Crippen LogP contribution in [0.5, 0.6) is 0 Å². The number of carbonyl (C=O) groups is 2. The summed E-state index contributed by atoms with van der Waals surface area (Å²) in [6, 6.07) is 21.7. The summed E-state index contributed by atoms with van der Waals surface area (Å²) in [5.74, 6) is 2.52. The van der Waals surface area contributed by atoms with Crippen LogP contribution in [0.3, 0.4) is 0 Å². The van der Waals surface area contributed by atoms with E-state index in [0.717, 1.165) is 28.7 Å². The SMILES string of the molecule is CC(C)CC(CNC(Cc1ccccc1)C(=O)CSCc1ccco1)NC(=O)Cc1csc2ccccc12.